The molecule has 1 aromatic carbocycles. The van der Waals surface area contributed by atoms with E-state index in [2.05, 4.69) is 23.9 Å². The summed E-state index contributed by atoms with van der Waals surface area (Å²) >= 11 is 1.51. The van der Waals surface area contributed by atoms with E-state index in [-0.39, 0.29) is 30.6 Å². The Bertz CT molecular complexity index is 2090. The van der Waals surface area contributed by atoms with E-state index in [4.69, 9.17) is 19.4 Å². The highest BCUT2D eigenvalue weighted by Gasteiger charge is 2.63. The van der Waals surface area contributed by atoms with Crippen molar-refractivity contribution in [3.05, 3.63) is 47.0 Å². The van der Waals surface area contributed by atoms with Gasteiger partial charge in [0.1, 0.15) is 33.8 Å². The Morgan fingerprint density at radius 2 is 1.87 bits per heavy atom. The lowest BCUT2D eigenvalue weighted by Crippen LogP contribution is -2.55. The van der Waals surface area contributed by atoms with Crippen LogP contribution in [0.5, 0.6) is 11.5 Å². The molecule has 3 heterocycles. The summed E-state index contributed by atoms with van der Waals surface area (Å²) in [6.45, 7) is 8.31. The van der Waals surface area contributed by atoms with Crippen LogP contribution < -0.4 is 19.5 Å². The average molecular weight is 764 g/mol. The number of allylic oxidation sites excluding steroid dienone is 1. The minimum atomic E-state index is -3.93. The first kappa shape index (κ1) is 37.3. The standard InChI is InChI=1S/C39H49N5O7S2/c1-22(2)30-21-52-35(41-30)29-19-32(26-12-13-31(50-6)23(3)33(26)40-29)51-25-17-27-28(18-25)36(46)44(5)16-10-8-7-9-11-24-20-39(24,42-34(27)45)37(47)43-53(48,49)38(4)14-15-38/h9,11-13,19,21-22,24-25,27-28H,7-8,10,14-18,20H2,1-6H3,(H,42,45)(H,43,47)/b11-9-. The molecule has 12 nitrogen and oxygen atoms in total. The second-order valence-corrected chi connectivity index (χ2v) is 18.8. The van der Waals surface area contributed by atoms with Gasteiger partial charge in [-0.1, -0.05) is 26.0 Å². The number of ether oxygens (including phenoxy) is 2. The maximum atomic E-state index is 14.3. The fraction of sp³-hybridized carbons (Fsp3) is 0.564. The van der Waals surface area contributed by atoms with Gasteiger partial charge in [0.2, 0.25) is 21.8 Å². The molecule has 3 fully saturated rings. The number of nitrogens with one attached hydrogen (secondary N) is 2. The lowest BCUT2D eigenvalue weighted by atomic mass is 9.93. The molecule has 0 bridgehead atoms. The molecule has 1 aliphatic heterocycles. The number of aryl methyl sites for hydroxylation is 1. The van der Waals surface area contributed by atoms with Gasteiger partial charge in [0.15, 0.2) is 0 Å². The Labute approximate surface area is 315 Å². The van der Waals surface area contributed by atoms with E-state index in [1.165, 1.54) is 11.3 Å². The minimum Gasteiger partial charge on any atom is -0.496 e. The monoisotopic (exact) mass is 763 g/mol. The lowest BCUT2D eigenvalue weighted by molar-refractivity contribution is -0.140. The molecule has 53 heavy (non-hydrogen) atoms. The van der Waals surface area contributed by atoms with Crippen LogP contribution in [-0.2, 0) is 24.4 Å². The smallest absolute Gasteiger partial charge is 0.259 e. The Hall–Kier alpha value is -4.04. The summed E-state index contributed by atoms with van der Waals surface area (Å²) in [5, 5.41) is 6.54. The van der Waals surface area contributed by atoms with Crippen LogP contribution in [0.2, 0.25) is 0 Å². The maximum Gasteiger partial charge on any atom is 0.259 e. The van der Waals surface area contributed by atoms with Crippen LogP contribution in [0.15, 0.2) is 35.7 Å². The summed E-state index contributed by atoms with van der Waals surface area (Å²) in [6.07, 6.45) is 7.52. The summed E-state index contributed by atoms with van der Waals surface area (Å²) < 4.78 is 39.9. The summed E-state index contributed by atoms with van der Waals surface area (Å²) in [5.74, 6) is -1.67. The van der Waals surface area contributed by atoms with Gasteiger partial charge < -0.3 is 19.7 Å². The zero-order valence-electron chi connectivity index (χ0n) is 31.2. The first-order valence-corrected chi connectivity index (χ1v) is 20.9. The number of carbonyl (C=O) groups is 3. The van der Waals surface area contributed by atoms with Crippen LogP contribution >= 0.6 is 11.3 Å². The lowest BCUT2D eigenvalue weighted by Gasteiger charge is -2.27. The van der Waals surface area contributed by atoms with Crippen molar-refractivity contribution in [1.82, 2.24) is 24.9 Å². The number of carbonyl (C=O) groups excluding carboxylic acids is 3. The number of pyridine rings is 1. The molecule has 3 aliphatic carbocycles. The fourth-order valence-corrected chi connectivity index (χ4v) is 9.90. The van der Waals surface area contributed by atoms with E-state index in [1.54, 1.807) is 26.0 Å². The number of hydrogen-bond donors (Lipinski definition) is 2. The number of hydrogen-bond acceptors (Lipinski definition) is 10. The molecule has 284 valence electrons. The van der Waals surface area contributed by atoms with Crippen molar-refractivity contribution in [2.45, 2.75) is 101 Å². The molecular formula is C39H49N5O7S2. The van der Waals surface area contributed by atoms with Gasteiger partial charge in [-0.2, -0.15) is 0 Å². The van der Waals surface area contributed by atoms with Crippen molar-refractivity contribution in [2.75, 3.05) is 20.7 Å². The number of benzene rings is 1. The molecule has 0 radical (unpaired) electrons. The van der Waals surface area contributed by atoms with Gasteiger partial charge in [-0.25, -0.2) is 18.4 Å². The molecule has 3 amide bonds. The summed E-state index contributed by atoms with van der Waals surface area (Å²) in [6, 6.07) is 5.66. The molecule has 0 saturated heterocycles. The molecule has 3 aromatic rings. The first-order chi connectivity index (χ1) is 25.2. The molecule has 5 unspecified atom stereocenters. The normalized spacial score (nSPS) is 27.7. The van der Waals surface area contributed by atoms with Gasteiger partial charge in [0, 0.05) is 41.9 Å². The van der Waals surface area contributed by atoms with E-state index in [1.807, 2.05) is 42.7 Å². The summed E-state index contributed by atoms with van der Waals surface area (Å²) in [7, 11) is -0.544. The Morgan fingerprint density at radius 1 is 1.11 bits per heavy atom. The molecule has 0 spiro atoms. The highest BCUT2D eigenvalue weighted by molar-refractivity contribution is 7.91. The van der Waals surface area contributed by atoms with E-state index in [0.29, 0.717) is 48.5 Å². The van der Waals surface area contributed by atoms with Gasteiger partial charge in [0.25, 0.3) is 5.91 Å². The van der Waals surface area contributed by atoms with Crippen molar-refractivity contribution in [2.24, 2.45) is 17.8 Å². The van der Waals surface area contributed by atoms with Gasteiger partial charge in [-0.05, 0) is 83.3 Å². The number of nitrogens with zero attached hydrogens (tertiary/aromatic N) is 3. The van der Waals surface area contributed by atoms with Crippen molar-refractivity contribution in [3.8, 4) is 22.2 Å². The van der Waals surface area contributed by atoms with E-state index < -0.39 is 50.1 Å². The topological polar surface area (TPSA) is 157 Å². The number of rotatable bonds is 8. The second-order valence-electron chi connectivity index (χ2n) is 15.8. The molecule has 14 heteroatoms. The SMILES string of the molecule is COc1ccc2c(OC3CC4C(=O)NC5(C(=O)NS(=O)(=O)C6(C)CC6)CC5/C=C\CCCCN(C)C(=O)C4C3)cc(-c3nc(C(C)C)cs3)nc2c1C. The van der Waals surface area contributed by atoms with Crippen molar-refractivity contribution >= 4 is 50.0 Å². The zero-order chi connectivity index (χ0) is 37.9. The molecule has 2 N–H and O–H groups in total. The Balaban J connectivity index is 1.21. The molecule has 7 rings (SSSR count). The van der Waals surface area contributed by atoms with Gasteiger partial charge in [-0.3, -0.25) is 19.1 Å². The minimum absolute atomic E-state index is 0.149. The van der Waals surface area contributed by atoms with Gasteiger partial charge >= 0.3 is 0 Å². The zero-order valence-corrected chi connectivity index (χ0v) is 32.9. The Morgan fingerprint density at radius 3 is 2.57 bits per heavy atom. The van der Waals surface area contributed by atoms with Gasteiger partial charge in [-0.15, -0.1) is 11.3 Å². The van der Waals surface area contributed by atoms with E-state index in [9.17, 15) is 22.8 Å². The largest absolute Gasteiger partial charge is 0.496 e. The average Bonchev–Trinajstić information content (AvgIpc) is 3.89. The summed E-state index contributed by atoms with van der Waals surface area (Å²) in [5.41, 5.74) is 1.77. The third-order valence-electron chi connectivity index (χ3n) is 11.6. The van der Waals surface area contributed by atoms with Gasteiger partial charge in [0.05, 0.1) is 34.9 Å². The first-order valence-electron chi connectivity index (χ1n) is 18.6. The van der Waals surface area contributed by atoms with Crippen molar-refractivity contribution in [1.29, 1.82) is 0 Å². The van der Waals surface area contributed by atoms with Crippen LogP contribution in [0.25, 0.3) is 21.6 Å². The molecule has 3 saturated carbocycles. The molecule has 5 atom stereocenters. The third-order valence-corrected chi connectivity index (χ3v) is 14.7. The van der Waals surface area contributed by atoms with Crippen molar-refractivity contribution in [3.63, 3.8) is 0 Å². The number of fused-ring (bicyclic) bond motifs is 3. The molecular weight excluding hydrogens is 715 g/mol. The second kappa shape index (κ2) is 14.0. The molecule has 4 aliphatic rings. The van der Waals surface area contributed by atoms with Crippen LogP contribution in [0.1, 0.15) is 89.3 Å². The molecule has 2 aromatic heterocycles. The summed E-state index contributed by atoms with van der Waals surface area (Å²) in [4.78, 5) is 53.7. The number of thiazole rings is 1. The Kier molecular flexibility index (Phi) is 9.84. The quantitative estimate of drug-likeness (QED) is 0.277. The van der Waals surface area contributed by atoms with Crippen LogP contribution in [0.4, 0.5) is 0 Å². The van der Waals surface area contributed by atoms with Crippen LogP contribution in [-0.4, -0.2) is 78.1 Å². The maximum absolute atomic E-state index is 14.3. The number of amides is 3. The highest BCUT2D eigenvalue weighted by Crippen LogP contribution is 2.48. The van der Waals surface area contributed by atoms with Crippen LogP contribution in [0.3, 0.4) is 0 Å². The predicted molar refractivity (Wildman–Crippen MR) is 203 cm³/mol. The van der Waals surface area contributed by atoms with Crippen LogP contribution in [0, 0.1) is 24.7 Å². The predicted octanol–water partition coefficient (Wildman–Crippen LogP) is 5.64. The van der Waals surface area contributed by atoms with E-state index >= 15 is 0 Å². The third kappa shape index (κ3) is 7.04. The number of sulfonamides is 1. The fourth-order valence-electron chi connectivity index (χ4n) is 7.65. The highest BCUT2D eigenvalue weighted by atomic mass is 32.2. The van der Waals surface area contributed by atoms with Crippen molar-refractivity contribution < 1.29 is 32.3 Å². The van der Waals surface area contributed by atoms with E-state index in [0.717, 1.165) is 40.9 Å². The number of aromatic nitrogens is 2. The number of methoxy groups -OCH3 is 1.